The van der Waals surface area contributed by atoms with Crippen LogP contribution in [0.3, 0.4) is 0 Å². The number of aliphatic hydroxyl groups is 1. The van der Waals surface area contributed by atoms with Crippen molar-refractivity contribution in [3.05, 3.63) is 34.1 Å². The van der Waals surface area contributed by atoms with Gasteiger partial charge in [-0.1, -0.05) is 7.43 Å². The Morgan fingerprint density at radius 2 is 2.07 bits per heavy atom. The predicted molar refractivity (Wildman–Crippen MR) is 118 cm³/mol. The maximum absolute atomic E-state index is 14.5. The van der Waals surface area contributed by atoms with Gasteiger partial charge in [0.2, 0.25) is 0 Å². The van der Waals surface area contributed by atoms with Gasteiger partial charge in [0.15, 0.2) is 0 Å². The van der Waals surface area contributed by atoms with E-state index < -0.39 is 11.4 Å². The summed E-state index contributed by atoms with van der Waals surface area (Å²) >= 11 is 1.72. The topological polar surface area (TPSA) is 84.4 Å². The van der Waals surface area contributed by atoms with E-state index in [9.17, 15) is 14.3 Å². The van der Waals surface area contributed by atoms with Gasteiger partial charge >= 0.3 is 0 Å². The molecule has 166 valence electrons. The smallest absolute Gasteiger partial charge is 0.261 e. The molecule has 1 aliphatic carbocycles. The molecule has 4 rings (SSSR count). The lowest BCUT2D eigenvalue weighted by atomic mass is 9.97. The molecule has 0 bridgehead atoms. The number of halogens is 1. The highest BCUT2D eigenvalue weighted by atomic mass is 32.2. The lowest BCUT2D eigenvalue weighted by molar-refractivity contribution is 0.0352. The summed E-state index contributed by atoms with van der Waals surface area (Å²) in [4.78, 5) is 19.6. The standard InChI is InChI=1S/C21H27FN2O4S.CH4/c22-17-8-15(28-11-13-2-1-7-27-10-13)9-18-20(17)21(26)24-19(23-18)12-29-16-5-3-14(25)4-6-16;/h8-9,13-14,16,25H,1-7,10-12H2,(H,23,24,26);1H4. The number of rotatable bonds is 6. The number of aromatic nitrogens is 2. The molecule has 1 atom stereocenters. The minimum absolute atomic E-state index is 0. The molecule has 2 N–H and O–H groups in total. The fraction of sp³-hybridized carbons (Fsp3) is 0.636. The van der Waals surface area contributed by atoms with E-state index in [2.05, 4.69) is 9.97 Å². The Bertz CT molecular complexity index is 893. The van der Waals surface area contributed by atoms with Crippen molar-refractivity contribution in [1.29, 1.82) is 0 Å². The van der Waals surface area contributed by atoms with Crippen LogP contribution >= 0.6 is 11.8 Å². The van der Waals surface area contributed by atoms with Crippen LogP contribution in [0.5, 0.6) is 5.75 Å². The van der Waals surface area contributed by atoms with Gasteiger partial charge in [0.05, 0.1) is 30.6 Å². The first-order chi connectivity index (χ1) is 14.1. The van der Waals surface area contributed by atoms with E-state index >= 15 is 0 Å². The minimum Gasteiger partial charge on any atom is -0.493 e. The molecule has 1 aromatic carbocycles. The summed E-state index contributed by atoms with van der Waals surface area (Å²) in [6.45, 7) is 1.91. The largest absolute Gasteiger partial charge is 0.493 e. The van der Waals surface area contributed by atoms with E-state index in [1.165, 1.54) is 6.07 Å². The molecule has 1 saturated heterocycles. The average molecular weight is 439 g/mol. The summed E-state index contributed by atoms with van der Waals surface area (Å²) in [6, 6.07) is 2.90. The Balaban J connectivity index is 0.00000256. The average Bonchev–Trinajstić information content (AvgIpc) is 2.72. The van der Waals surface area contributed by atoms with Crippen LogP contribution in [0.2, 0.25) is 0 Å². The zero-order valence-corrected chi connectivity index (χ0v) is 17.2. The van der Waals surface area contributed by atoms with Gasteiger partial charge < -0.3 is 19.6 Å². The summed E-state index contributed by atoms with van der Waals surface area (Å²) in [5.41, 5.74) is -0.146. The zero-order chi connectivity index (χ0) is 20.2. The van der Waals surface area contributed by atoms with Gasteiger partial charge in [-0.2, -0.15) is 11.8 Å². The van der Waals surface area contributed by atoms with Crippen molar-refractivity contribution in [2.45, 2.75) is 63.1 Å². The predicted octanol–water partition coefficient (Wildman–Crippen LogP) is 4.04. The summed E-state index contributed by atoms with van der Waals surface area (Å²) in [5.74, 6) is 1.16. The third-order valence-electron chi connectivity index (χ3n) is 5.62. The van der Waals surface area contributed by atoms with Crippen LogP contribution in [0.25, 0.3) is 10.9 Å². The highest BCUT2D eigenvalue weighted by molar-refractivity contribution is 7.99. The number of aliphatic hydroxyl groups excluding tert-OH is 1. The van der Waals surface area contributed by atoms with Gasteiger partial charge in [-0.25, -0.2) is 9.37 Å². The number of fused-ring (bicyclic) bond motifs is 1. The molecule has 0 amide bonds. The summed E-state index contributed by atoms with van der Waals surface area (Å²) in [7, 11) is 0. The van der Waals surface area contributed by atoms with Gasteiger partial charge in [0.25, 0.3) is 5.56 Å². The molecule has 2 fully saturated rings. The zero-order valence-electron chi connectivity index (χ0n) is 16.4. The Hall–Kier alpha value is -1.64. The molecule has 1 aromatic heterocycles. The van der Waals surface area contributed by atoms with E-state index in [4.69, 9.17) is 9.47 Å². The molecule has 8 heteroatoms. The molecular weight excluding hydrogens is 407 g/mol. The number of H-pyrrole nitrogens is 1. The Morgan fingerprint density at radius 1 is 1.27 bits per heavy atom. The maximum atomic E-state index is 14.5. The van der Waals surface area contributed by atoms with E-state index in [-0.39, 0.29) is 18.9 Å². The van der Waals surface area contributed by atoms with E-state index in [1.54, 1.807) is 17.8 Å². The molecule has 1 aliphatic heterocycles. The fourth-order valence-corrected chi connectivity index (χ4v) is 5.10. The number of nitrogens with one attached hydrogen (secondary N) is 1. The van der Waals surface area contributed by atoms with Crippen molar-refractivity contribution >= 4 is 22.7 Å². The van der Waals surface area contributed by atoms with Crippen molar-refractivity contribution in [3.8, 4) is 5.75 Å². The second-order valence-electron chi connectivity index (χ2n) is 7.95. The van der Waals surface area contributed by atoms with Crippen LogP contribution < -0.4 is 10.3 Å². The molecule has 2 heterocycles. The quantitative estimate of drug-likeness (QED) is 0.708. The van der Waals surface area contributed by atoms with Gasteiger partial charge in [-0.3, -0.25) is 4.79 Å². The Labute approximate surface area is 180 Å². The maximum Gasteiger partial charge on any atom is 0.261 e. The number of nitrogens with zero attached hydrogens (tertiary/aromatic N) is 1. The first-order valence-corrected chi connectivity index (χ1v) is 11.4. The monoisotopic (exact) mass is 438 g/mol. The third kappa shape index (κ3) is 5.74. The lowest BCUT2D eigenvalue weighted by Gasteiger charge is -2.24. The first kappa shape index (κ1) is 23.0. The number of ether oxygens (including phenoxy) is 2. The highest BCUT2D eigenvalue weighted by Gasteiger charge is 2.20. The summed E-state index contributed by atoms with van der Waals surface area (Å²) < 4.78 is 25.8. The Morgan fingerprint density at radius 3 is 2.80 bits per heavy atom. The van der Waals surface area contributed by atoms with Crippen molar-refractivity contribution in [2.75, 3.05) is 19.8 Å². The van der Waals surface area contributed by atoms with Gasteiger partial charge in [0.1, 0.15) is 22.8 Å². The summed E-state index contributed by atoms with van der Waals surface area (Å²) in [6.07, 6.45) is 5.41. The number of thioether (sulfide) groups is 1. The van der Waals surface area contributed by atoms with Crippen LogP contribution in [-0.4, -0.2) is 46.2 Å². The molecule has 2 aliphatic rings. The van der Waals surface area contributed by atoms with Crippen LogP contribution in [0.15, 0.2) is 16.9 Å². The second-order valence-corrected chi connectivity index (χ2v) is 9.24. The van der Waals surface area contributed by atoms with E-state index in [1.807, 2.05) is 0 Å². The van der Waals surface area contributed by atoms with Crippen molar-refractivity contribution in [3.63, 3.8) is 0 Å². The molecule has 0 spiro atoms. The SMILES string of the molecule is C.O=c1[nH]c(CSC2CCC(O)CC2)nc2cc(OCC3CCCOC3)cc(F)c12. The van der Waals surface area contributed by atoms with Crippen LogP contribution in [-0.2, 0) is 10.5 Å². The van der Waals surface area contributed by atoms with Gasteiger partial charge in [-0.05, 0) is 38.5 Å². The van der Waals surface area contributed by atoms with Crippen LogP contribution in [0, 0.1) is 11.7 Å². The molecule has 0 radical (unpaired) electrons. The number of aromatic amines is 1. The first-order valence-electron chi connectivity index (χ1n) is 10.3. The minimum atomic E-state index is -0.619. The normalized spacial score (nSPS) is 24.4. The molecular formula is C22H31FN2O4S. The molecule has 30 heavy (non-hydrogen) atoms. The number of benzene rings is 1. The second kappa shape index (κ2) is 10.6. The van der Waals surface area contributed by atoms with E-state index in [0.717, 1.165) is 45.1 Å². The molecule has 6 nitrogen and oxygen atoms in total. The van der Waals surface area contributed by atoms with Crippen molar-refractivity contribution < 1.29 is 19.0 Å². The molecule has 1 saturated carbocycles. The third-order valence-corrected chi connectivity index (χ3v) is 7.01. The number of hydrogen-bond donors (Lipinski definition) is 2. The van der Waals surface area contributed by atoms with E-state index in [0.29, 0.717) is 47.2 Å². The van der Waals surface area contributed by atoms with Crippen LogP contribution in [0.1, 0.15) is 51.8 Å². The van der Waals surface area contributed by atoms with Gasteiger partial charge in [0, 0.05) is 29.9 Å². The van der Waals surface area contributed by atoms with Gasteiger partial charge in [-0.15, -0.1) is 0 Å². The summed E-state index contributed by atoms with van der Waals surface area (Å²) in [5, 5.41) is 10.0. The van der Waals surface area contributed by atoms with Crippen molar-refractivity contribution in [1.82, 2.24) is 9.97 Å². The van der Waals surface area contributed by atoms with Crippen molar-refractivity contribution in [2.24, 2.45) is 5.92 Å². The Kier molecular flexibility index (Phi) is 8.13. The number of hydrogen-bond acceptors (Lipinski definition) is 6. The van der Waals surface area contributed by atoms with Crippen LogP contribution in [0.4, 0.5) is 4.39 Å². The molecule has 1 unspecified atom stereocenters. The lowest BCUT2D eigenvalue weighted by Crippen LogP contribution is -2.23. The fourth-order valence-electron chi connectivity index (χ4n) is 3.96. The highest BCUT2D eigenvalue weighted by Crippen LogP contribution is 2.30. The molecule has 2 aromatic rings.